The van der Waals surface area contributed by atoms with Crippen molar-refractivity contribution < 1.29 is 4.90 Å². The number of benzene rings is 1. The second-order valence-corrected chi connectivity index (χ2v) is 5.94. The van der Waals surface area contributed by atoms with Crippen LogP contribution in [0.4, 0.5) is 0 Å². The molecule has 1 N–H and O–H groups in total. The van der Waals surface area contributed by atoms with Crippen molar-refractivity contribution in [2.75, 3.05) is 26.2 Å². The highest BCUT2D eigenvalue weighted by molar-refractivity contribution is 6.30. The third-order valence-corrected chi connectivity index (χ3v) is 4.11. The summed E-state index contributed by atoms with van der Waals surface area (Å²) < 4.78 is 0. The Morgan fingerprint density at radius 3 is 2.59 bits per heavy atom. The van der Waals surface area contributed by atoms with E-state index in [0.29, 0.717) is 0 Å². The summed E-state index contributed by atoms with van der Waals surface area (Å²) in [5.41, 5.74) is 2.24. The fraction of sp³-hybridized carbons (Fsp3) is 0.294. The van der Waals surface area contributed by atoms with Crippen molar-refractivity contribution in [3.8, 4) is 0 Å². The zero-order valence-corrected chi connectivity index (χ0v) is 13.2. The maximum absolute atomic E-state index is 5.92. The van der Waals surface area contributed by atoms with E-state index in [-0.39, 0.29) is 0 Å². The maximum Gasteiger partial charge on any atom is 0.103 e. The number of hydrogen-bond donors (Lipinski definition) is 1. The van der Waals surface area contributed by atoms with Gasteiger partial charge in [0.05, 0.1) is 38.1 Å². The van der Waals surface area contributed by atoms with Crippen LogP contribution in [-0.4, -0.2) is 42.4 Å². The molecule has 1 fully saturated rings. The predicted molar refractivity (Wildman–Crippen MR) is 89.3 cm³/mol. The Balaban J connectivity index is 1.48. The van der Waals surface area contributed by atoms with Crippen LogP contribution in [0.3, 0.4) is 0 Å². The highest BCUT2D eigenvalue weighted by Crippen LogP contribution is 2.08. The largest absolute Gasteiger partial charge is 0.328 e. The van der Waals surface area contributed by atoms with Gasteiger partial charge in [-0.2, -0.15) is 5.10 Å². The number of pyridine rings is 1. The third kappa shape index (κ3) is 4.29. The Morgan fingerprint density at radius 2 is 1.91 bits per heavy atom. The summed E-state index contributed by atoms with van der Waals surface area (Å²) >= 11 is 5.92. The van der Waals surface area contributed by atoms with Crippen molar-refractivity contribution in [3.05, 3.63) is 64.9 Å². The molecule has 5 heteroatoms. The molecule has 0 bridgehead atoms. The van der Waals surface area contributed by atoms with Gasteiger partial charge in [0.1, 0.15) is 6.54 Å². The van der Waals surface area contributed by atoms with Crippen LogP contribution in [0.15, 0.2) is 53.8 Å². The fourth-order valence-electron chi connectivity index (χ4n) is 2.59. The average Bonchev–Trinajstić information content (AvgIpc) is 2.57. The first kappa shape index (κ1) is 15.0. The van der Waals surface area contributed by atoms with Gasteiger partial charge in [-0.15, -0.1) is 0 Å². The molecule has 3 rings (SSSR count). The van der Waals surface area contributed by atoms with E-state index >= 15 is 0 Å². The fourth-order valence-corrected chi connectivity index (χ4v) is 2.71. The summed E-state index contributed by atoms with van der Waals surface area (Å²) in [5.74, 6) is 0. The standard InChI is InChI=1S/C17H19ClN4/c18-16-6-4-15(5-7-16)14-21-9-11-22(12-10-21)20-13-17-3-1-2-8-19-17/h1-8,13H,9-12,14H2/p+1. The van der Waals surface area contributed by atoms with Gasteiger partial charge in [-0.1, -0.05) is 29.8 Å². The summed E-state index contributed by atoms with van der Waals surface area (Å²) in [6, 6.07) is 14.0. The number of aromatic nitrogens is 1. The normalized spacial score (nSPS) is 16.3. The summed E-state index contributed by atoms with van der Waals surface area (Å²) in [7, 11) is 0. The molecule has 1 aromatic heterocycles. The third-order valence-electron chi connectivity index (χ3n) is 3.86. The van der Waals surface area contributed by atoms with Crippen molar-refractivity contribution in [2.24, 2.45) is 5.10 Å². The van der Waals surface area contributed by atoms with Crippen LogP contribution in [0.1, 0.15) is 11.3 Å². The van der Waals surface area contributed by atoms with Crippen LogP contribution in [0.2, 0.25) is 5.02 Å². The van der Waals surface area contributed by atoms with Crippen LogP contribution in [-0.2, 0) is 6.54 Å². The zero-order valence-electron chi connectivity index (χ0n) is 12.5. The van der Waals surface area contributed by atoms with Crippen LogP contribution in [0.5, 0.6) is 0 Å². The summed E-state index contributed by atoms with van der Waals surface area (Å²) in [6.45, 7) is 5.21. The van der Waals surface area contributed by atoms with Crippen molar-refractivity contribution in [1.29, 1.82) is 0 Å². The molecule has 0 radical (unpaired) electrons. The van der Waals surface area contributed by atoms with Gasteiger partial charge in [0.25, 0.3) is 0 Å². The van der Waals surface area contributed by atoms with Gasteiger partial charge in [-0.05, 0) is 24.3 Å². The topological polar surface area (TPSA) is 32.9 Å². The molecule has 0 saturated carbocycles. The Morgan fingerprint density at radius 1 is 1.14 bits per heavy atom. The lowest BCUT2D eigenvalue weighted by Gasteiger charge is -2.30. The number of hydrogen-bond acceptors (Lipinski definition) is 3. The van der Waals surface area contributed by atoms with Crippen LogP contribution >= 0.6 is 11.6 Å². The smallest absolute Gasteiger partial charge is 0.103 e. The monoisotopic (exact) mass is 315 g/mol. The molecule has 2 heterocycles. The van der Waals surface area contributed by atoms with Crippen molar-refractivity contribution in [3.63, 3.8) is 0 Å². The first-order valence-corrected chi connectivity index (χ1v) is 7.95. The highest BCUT2D eigenvalue weighted by atomic mass is 35.5. The zero-order chi connectivity index (χ0) is 15.2. The number of hydrazone groups is 1. The molecule has 1 aliphatic rings. The summed E-state index contributed by atoms with van der Waals surface area (Å²) in [4.78, 5) is 5.84. The van der Waals surface area contributed by atoms with E-state index in [0.717, 1.165) is 43.4 Å². The minimum absolute atomic E-state index is 0.799. The van der Waals surface area contributed by atoms with Crippen LogP contribution < -0.4 is 4.90 Å². The molecular formula is C17H20ClN4+. The molecule has 2 aromatic rings. The summed E-state index contributed by atoms with van der Waals surface area (Å²) in [6.07, 6.45) is 3.62. The van der Waals surface area contributed by atoms with E-state index in [1.807, 2.05) is 36.5 Å². The van der Waals surface area contributed by atoms with E-state index < -0.39 is 0 Å². The molecule has 0 aliphatic carbocycles. The minimum atomic E-state index is 0.799. The molecule has 114 valence electrons. The minimum Gasteiger partial charge on any atom is -0.328 e. The predicted octanol–water partition coefficient (Wildman–Crippen LogP) is 1.47. The van der Waals surface area contributed by atoms with Gasteiger partial charge in [-0.3, -0.25) is 9.99 Å². The van der Waals surface area contributed by atoms with Crippen LogP contribution in [0.25, 0.3) is 0 Å². The lowest BCUT2D eigenvalue weighted by atomic mass is 10.2. The number of nitrogens with zero attached hydrogens (tertiary/aromatic N) is 3. The van der Waals surface area contributed by atoms with Gasteiger partial charge >= 0.3 is 0 Å². The number of nitrogens with one attached hydrogen (secondary N) is 1. The first-order valence-electron chi connectivity index (χ1n) is 7.57. The lowest BCUT2D eigenvalue weighted by molar-refractivity contribution is -0.918. The summed E-state index contributed by atoms with van der Waals surface area (Å²) in [5, 5.41) is 7.45. The molecule has 1 saturated heterocycles. The Hall–Kier alpha value is -1.91. The molecule has 1 aromatic carbocycles. The Labute approximate surface area is 136 Å². The van der Waals surface area contributed by atoms with Gasteiger partial charge in [0.2, 0.25) is 0 Å². The van der Waals surface area contributed by atoms with E-state index in [4.69, 9.17) is 11.6 Å². The van der Waals surface area contributed by atoms with Crippen molar-refractivity contribution >= 4 is 17.8 Å². The lowest BCUT2D eigenvalue weighted by Crippen LogP contribution is -3.13. The second-order valence-electron chi connectivity index (χ2n) is 5.51. The van der Waals surface area contributed by atoms with Crippen molar-refractivity contribution in [2.45, 2.75) is 6.54 Å². The van der Waals surface area contributed by atoms with Gasteiger partial charge in [-0.25, -0.2) is 0 Å². The average molecular weight is 316 g/mol. The van der Waals surface area contributed by atoms with E-state index in [2.05, 4.69) is 27.2 Å². The number of halogens is 1. The molecule has 0 unspecified atom stereocenters. The maximum atomic E-state index is 5.92. The molecule has 0 atom stereocenters. The SMILES string of the molecule is Clc1ccc(C[NH+]2CCN(N=Cc3ccccn3)CC2)cc1. The molecule has 22 heavy (non-hydrogen) atoms. The quantitative estimate of drug-likeness (QED) is 0.867. The molecule has 0 amide bonds. The number of rotatable bonds is 4. The van der Waals surface area contributed by atoms with E-state index in [1.54, 1.807) is 11.1 Å². The Bertz CT molecular complexity index is 604. The van der Waals surface area contributed by atoms with Gasteiger partial charge in [0, 0.05) is 16.8 Å². The van der Waals surface area contributed by atoms with Crippen LogP contribution in [0, 0.1) is 0 Å². The first-order chi connectivity index (χ1) is 10.8. The molecular weight excluding hydrogens is 296 g/mol. The van der Waals surface area contributed by atoms with Gasteiger partial charge < -0.3 is 4.90 Å². The Kier molecular flexibility index (Phi) is 5.03. The number of quaternary nitrogens is 1. The highest BCUT2D eigenvalue weighted by Gasteiger charge is 2.18. The molecule has 1 aliphatic heterocycles. The van der Waals surface area contributed by atoms with Crippen molar-refractivity contribution in [1.82, 2.24) is 9.99 Å². The second kappa shape index (κ2) is 7.38. The number of piperazine rings is 1. The molecule has 0 spiro atoms. The van der Waals surface area contributed by atoms with E-state index in [1.165, 1.54) is 5.56 Å². The van der Waals surface area contributed by atoms with E-state index in [9.17, 15) is 0 Å². The molecule has 4 nitrogen and oxygen atoms in total. The van der Waals surface area contributed by atoms with Gasteiger partial charge in [0.15, 0.2) is 0 Å².